The summed E-state index contributed by atoms with van der Waals surface area (Å²) in [6, 6.07) is 12.3. The van der Waals surface area contributed by atoms with Crippen LogP contribution in [0, 0.1) is 0 Å². The Bertz CT molecular complexity index is 1040. The van der Waals surface area contributed by atoms with Gasteiger partial charge in [-0.1, -0.05) is 0 Å². The molecule has 0 unspecified atom stereocenters. The maximum Gasteiger partial charge on any atom is 0.251 e. The van der Waals surface area contributed by atoms with Crippen molar-refractivity contribution >= 4 is 16.8 Å². The van der Waals surface area contributed by atoms with Gasteiger partial charge in [-0.3, -0.25) is 9.59 Å². The Balaban J connectivity index is 1.70. The smallest absolute Gasteiger partial charge is 0.251 e. The SMILES string of the molecule is COc1cc(OC)cc(C(=O)NCCc2cc3ccc(OC)cc3[nH]c2=O)c1. The van der Waals surface area contributed by atoms with Crippen molar-refractivity contribution in [2.24, 2.45) is 0 Å². The summed E-state index contributed by atoms with van der Waals surface area (Å²) in [5.41, 5.74) is 1.55. The predicted molar refractivity (Wildman–Crippen MR) is 107 cm³/mol. The van der Waals surface area contributed by atoms with Crippen LogP contribution in [0.4, 0.5) is 0 Å². The molecule has 1 heterocycles. The molecule has 0 atom stereocenters. The molecule has 0 aliphatic heterocycles. The number of ether oxygens (including phenoxy) is 3. The van der Waals surface area contributed by atoms with Gasteiger partial charge < -0.3 is 24.5 Å². The molecule has 0 saturated heterocycles. The van der Waals surface area contributed by atoms with Gasteiger partial charge in [-0.25, -0.2) is 0 Å². The molecule has 0 aliphatic carbocycles. The number of hydrogen-bond acceptors (Lipinski definition) is 5. The minimum absolute atomic E-state index is 0.182. The number of benzene rings is 2. The van der Waals surface area contributed by atoms with Crippen molar-refractivity contribution in [2.75, 3.05) is 27.9 Å². The van der Waals surface area contributed by atoms with Crippen molar-refractivity contribution in [3.63, 3.8) is 0 Å². The number of nitrogens with one attached hydrogen (secondary N) is 2. The summed E-state index contributed by atoms with van der Waals surface area (Å²) in [5.74, 6) is 1.48. The summed E-state index contributed by atoms with van der Waals surface area (Å²) < 4.78 is 15.5. The number of carbonyl (C=O) groups excluding carboxylic acids is 1. The van der Waals surface area contributed by atoms with Gasteiger partial charge in [0, 0.05) is 29.8 Å². The monoisotopic (exact) mass is 382 g/mol. The minimum atomic E-state index is -0.265. The van der Waals surface area contributed by atoms with E-state index in [1.54, 1.807) is 31.4 Å². The van der Waals surface area contributed by atoms with Crippen LogP contribution >= 0.6 is 0 Å². The summed E-state index contributed by atoms with van der Waals surface area (Å²) in [6.07, 6.45) is 0.407. The third-order valence-corrected chi connectivity index (χ3v) is 4.42. The van der Waals surface area contributed by atoms with E-state index in [-0.39, 0.29) is 11.5 Å². The maximum atomic E-state index is 12.4. The van der Waals surface area contributed by atoms with Gasteiger partial charge in [0.25, 0.3) is 11.5 Å². The maximum absolute atomic E-state index is 12.4. The van der Waals surface area contributed by atoms with Crippen LogP contribution in [-0.2, 0) is 6.42 Å². The molecule has 2 aromatic carbocycles. The Labute approximate surface area is 162 Å². The van der Waals surface area contributed by atoms with Gasteiger partial charge in [0.1, 0.15) is 17.2 Å². The highest BCUT2D eigenvalue weighted by molar-refractivity contribution is 5.95. The number of aromatic nitrogens is 1. The van der Waals surface area contributed by atoms with E-state index in [2.05, 4.69) is 10.3 Å². The van der Waals surface area contributed by atoms with E-state index in [1.165, 1.54) is 14.2 Å². The fourth-order valence-electron chi connectivity index (χ4n) is 2.89. The molecule has 2 N–H and O–H groups in total. The first-order valence-corrected chi connectivity index (χ1v) is 8.75. The molecule has 0 bridgehead atoms. The molecule has 1 amide bonds. The minimum Gasteiger partial charge on any atom is -0.497 e. The van der Waals surface area contributed by atoms with E-state index in [0.29, 0.717) is 46.9 Å². The van der Waals surface area contributed by atoms with Crippen molar-refractivity contribution in [3.8, 4) is 17.2 Å². The second kappa shape index (κ2) is 8.47. The van der Waals surface area contributed by atoms with E-state index < -0.39 is 0 Å². The molecule has 7 nitrogen and oxygen atoms in total. The first-order chi connectivity index (χ1) is 13.5. The lowest BCUT2D eigenvalue weighted by atomic mass is 10.1. The van der Waals surface area contributed by atoms with Crippen LogP contribution < -0.4 is 25.1 Å². The molecular weight excluding hydrogens is 360 g/mol. The third kappa shape index (κ3) is 4.25. The van der Waals surface area contributed by atoms with E-state index in [4.69, 9.17) is 14.2 Å². The summed E-state index contributed by atoms with van der Waals surface area (Å²) >= 11 is 0. The van der Waals surface area contributed by atoms with Crippen molar-refractivity contribution in [1.29, 1.82) is 0 Å². The second-order valence-corrected chi connectivity index (χ2v) is 6.18. The first-order valence-electron chi connectivity index (χ1n) is 8.75. The van der Waals surface area contributed by atoms with Crippen LogP contribution in [0.1, 0.15) is 15.9 Å². The zero-order valence-corrected chi connectivity index (χ0v) is 16.0. The number of hydrogen-bond donors (Lipinski definition) is 2. The Morgan fingerprint density at radius 3 is 2.25 bits per heavy atom. The van der Waals surface area contributed by atoms with E-state index >= 15 is 0 Å². The molecule has 7 heteroatoms. The van der Waals surface area contributed by atoms with Gasteiger partial charge in [-0.05, 0) is 42.1 Å². The lowest BCUT2D eigenvalue weighted by Crippen LogP contribution is -2.27. The first kappa shape index (κ1) is 19.3. The van der Waals surface area contributed by atoms with E-state index in [1.807, 2.05) is 18.2 Å². The summed E-state index contributed by atoms with van der Waals surface area (Å²) in [4.78, 5) is 27.6. The molecule has 3 rings (SSSR count). The number of carbonyl (C=O) groups is 1. The number of H-pyrrole nitrogens is 1. The van der Waals surface area contributed by atoms with E-state index in [0.717, 1.165) is 5.39 Å². The predicted octanol–water partition coefficient (Wildman–Crippen LogP) is 2.53. The van der Waals surface area contributed by atoms with Crippen LogP contribution in [0.15, 0.2) is 47.3 Å². The van der Waals surface area contributed by atoms with Crippen molar-refractivity contribution < 1.29 is 19.0 Å². The third-order valence-electron chi connectivity index (χ3n) is 4.42. The van der Waals surface area contributed by atoms with Crippen LogP contribution in [0.5, 0.6) is 17.2 Å². The van der Waals surface area contributed by atoms with E-state index in [9.17, 15) is 9.59 Å². The largest absolute Gasteiger partial charge is 0.497 e. The fraction of sp³-hybridized carbons (Fsp3) is 0.238. The molecule has 0 spiro atoms. The molecule has 1 aromatic heterocycles. The molecule has 0 saturated carbocycles. The quantitative estimate of drug-likeness (QED) is 0.655. The molecule has 0 aliphatic rings. The molecule has 3 aromatic rings. The lowest BCUT2D eigenvalue weighted by molar-refractivity contribution is 0.0953. The Hall–Kier alpha value is -3.48. The number of pyridine rings is 1. The van der Waals surface area contributed by atoms with Crippen LogP contribution in [0.25, 0.3) is 10.9 Å². The average molecular weight is 382 g/mol. The van der Waals surface area contributed by atoms with Crippen molar-refractivity contribution in [3.05, 3.63) is 63.9 Å². The summed E-state index contributed by atoms with van der Waals surface area (Å²) in [6.45, 7) is 0.323. The number of aromatic amines is 1. The van der Waals surface area contributed by atoms with Gasteiger partial charge in [-0.15, -0.1) is 0 Å². The Kier molecular flexibility index (Phi) is 5.84. The second-order valence-electron chi connectivity index (χ2n) is 6.18. The molecule has 28 heavy (non-hydrogen) atoms. The topological polar surface area (TPSA) is 89.7 Å². The van der Waals surface area contributed by atoms with Gasteiger partial charge >= 0.3 is 0 Å². The van der Waals surface area contributed by atoms with Crippen LogP contribution in [0.2, 0.25) is 0 Å². The van der Waals surface area contributed by atoms with Crippen LogP contribution in [-0.4, -0.2) is 38.8 Å². The number of rotatable bonds is 7. The highest BCUT2D eigenvalue weighted by Gasteiger charge is 2.10. The van der Waals surface area contributed by atoms with Gasteiger partial charge in [-0.2, -0.15) is 0 Å². The van der Waals surface area contributed by atoms with Crippen molar-refractivity contribution in [2.45, 2.75) is 6.42 Å². The van der Waals surface area contributed by atoms with Gasteiger partial charge in [0.05, 0.1) is 26.8 Å². The van der Waals surface area contributed by atoms with Crippen LogP contribution in [0.3, 0.4) is 0 Å². The van der Waals surface area contributed by atoms with Gasteiger partial charge in [0.2, 0.25) is 0 Å². The molecule has 146 valence electrons. The number of amides is 1. The standard InChI is InChI=1S/C21H22N2O5/c1-26-16-5-4-13-8-14(21(25)23-19(13)12-16)6-7-22-20(24)15-9-17(27-2)11-18(10-15)28-3/h4-5,8-12H,6-7H2,1-3H3,(H,22,24)(H,23,25). The zero-order valence-electron chi connectivity index (χ0n) is 16.0. The normalized spacial score (nSPS) is 10.5. The Morgan fingerprint density at radius 1 is 0.929 bits per heavy atom. The summed E-state index contributed by atoms with van der Waals surface area (Å²) in [5, 5.41) is 3.72. The van der Waals surface area contributed by atoms with Crippen molar-refractivity contribution in [1.82, 2.24) is 10.3 Å². The average Bonchev–Trinajstić information content (AvgIpc) is 2.73. The zero-order chi connectivity index (χ0) is 20.1. The molecule has 0 fully saturated rings. The molecule has 0 radical (unpaired) electrons. The highest BCUT2D eigenvalue weighted by Crippen LogP contribution is 2.22. The molecular formula is C21H22N2O5. The Morgan fingerprint density at radius 2 is 1.61 bits per heavy atom. The summed E-state index contributed by atoms with van der Waals surface area (Å²) in [7, 11) is 4.63. The highest BCUT2D eigenvalue weighted by atomic mass is 16.5. The number of methoxy groups -OCH3 is 3. The van der Waals surface area contributed by atoms with Gasteiger partial charge in [0.15, 0.2) is 0 Å². The number of fused-ring (bicyclic) bond motifs is 1. The lowest BCUT2D eigenvalue weighted by Gasteiger charge is -2.09. The fourth-order valence-corrected chi connectivity index (χ4v) is 2.89.